The lowest BCUT2D eigenvalue weighted by Gasteiger charge is -2.45. The van der Waals surface area contributed by atoms with Gasteiger partial charge in [0.1, 0.15) is 0 Å². The number of thioether (sulfide) groups is 1. The van der Waals surface area contributed by atoms with Crippen molar-refractivity contribution in [2.45, 2.75) is 86.6 Å². The summed E-state index contributed by atoms with van der Waals surface area (Å²) in [6.45, 7) is 4.72. The number of nitrogens with zero attached hydrogens (tertiary/aromatic N) is 1. The fraction of sp³-hybridized carbons (Fsp3) is 0.652. The molecule has 3 aliphatic rings. The number of nitrogens with one attached hydrogen (secondary N) is 2. The second kappa shape index (κ2) is 7.77. The van der Waals surface area contributed by atoms with E-state index in [1.54, 1.807) is 0 Å². The first kappa shape index (κ1) is 19.7. The number of aromatic amines is 1. The normalized spacial score (nSPS) is 26.2. The molecule has 5 rings (SSSR count). The third-order valence-electron chi connectivity index (χ3n) is 7.40. The molecule has 2 aromatic rings. The lowest BCUT2D eigenvalue weighted by molar-refractivity contribution is 0.0794. The summed E-state index contributed by atoms with van der Waals surface area (Å²) < 4.78 is 1.23. The highest BCUT2D eigenvalue weighted by Gasteiger charge is 2.45. The number of hydrogen-bond acceptors (Lipinski definition) is 4. The second-order valence-electron chi connectivity index (χ2n) is 9.39. The Hall–Kier alpha value is -1.27. The molecule has 3 heterocycles. The molecule has 2 N–H and O–H groups in total. The van der Waals surface area contributed by atoms with Crippen LogP contribution in [0.2, 0.25) is 0 Å². The molecule has 0 saturated heterocycles. The summed E-state index contributed by atoms with van der Waals surface area (Å²) in [5, 5.41) is 11.3. The highest BCUT2D eigenvalue weighted by Crippen LogP contribution is 2.51. The number of rotatable bonds is 6. The largest absolute Gasteiger partial charge is 0.346 e. The number of amides is 1. The van der Waals surface area contributed by atoms with Crippen LogP contribution in [0.3, 0.4) is 0 Å². The Morgan fingerprint density at radius 3 is 2.93 bits per heavy atom. The Bertz CT molecular complexity index is 884. The van der Waals surface area contributed by atoms with Gasteiger partial charge in [-0.2, -0.15) is 5.10 Å². The van der Waals surface area contributed by atoms with Gasteiger partial charge in [0.05, 0.1) is 20.3 Å². The van der Waals surface area contributed by atoms with Gasteiger partial charge in [-0.1, -0.05) is 26.7 Å². The molecule has 1 amide bonds. The Labute approximate surface area is 181 Å². The zero-order valence-corrected chi connectivity index (χ0v) is 19.1. The molecular formula is C23H31N3OS2. The second-order valence-corrected chi connectivity index (χ2v) is 12.0. The van der Waals surface area contributed by atoms with Gasteiger partial charge in [0.25, 0.3) is 5.91 Å². The van der Waals surface area contributed by atoms with Gasteiger partial charge in [0, 0.05) is 17.0 Å². The molecule has 2 aliphatic carbocycles. The Morgan fingerprint density at radius 2 is 2.24 bits per heavy atom. The maximum Gasteiger partial charge on any atom is 0.254 e. The van der Waals surface area contributed by atoms with Gasteiger partial charge in [0.15, 0.2) is 0 Å². The summed E-state index contributed by atoms with van der Waals surface area (Å²) >= 11 is 3.79. The predicted octanol–water partition coefficient (Wildman–Crippen LogP) is 6.04. The average Bonchev–Trinajstić information content (AvgIpc) is 3.40. The molecule has 2 aromatic heterocycles. The Kier molecular flexibility index (Phi) is 5.27. The fourth-order valence-electron chi connectivity index (χ4n) is 5.55. The van der Waals surface area contributed by atoms with Gasteiger partial charge in [0.2, 0.25) is 0 Å². The maximum atomic E-state index is 13.2. The molecule has 0 radical (unpaired) electrons. The third-order valence-corrected chi connectivity index (χ3v) is 10.2. The molecule has 3 atom stereocenters. The minimum absolute atomic E-state index is 0.00982. The zero-order valence-electron chi connectivity index (χ0n) is 17.4. The quantitative estimate of drug-likeness (QED) is 0.588. The summed E-state index contributed by atoms with van der Waals surface area (Å²) in [5.41, 5.74) is 3.30. The molecule has 2 fully saturated rings. The molecule has 0 bridgehead atoms. The SMILES string of the molecule is CCCC(C)C1CCC(Sc2sc(-c3ccn[nH]3)c3c2C(=O)NC2(CCC2)C3)C1. The van der Waals surface area contributed by atoms with Crippen LogP contribution in [0, 0.1) is 11.8 Å². The minimum atomic E-state index is 0.00982. The van der Waals surface area contributed by atoms with E-state index in [1.165, 1.54) is 53.2 Å². The molecule has 3 unspecified atom stereocenters. The van der Waals surface area contributed by atoms with E-state index in [-0.39, 0.29) is 11.4 Å². The van der Waals surface area contributed by atoms with E-state index < -0.39 is 0 Å². The first-order valence-electron chi connectivity index (χ1n) is 11.2. The summed E-state index contributed by atoms with van der Waals surface area (Å²) in [4.78, 5) is 14.4. The van der Waals surface area contributed by atoms with E-state index in [2.05, 4.69) is 29.4 Å². The number of hydrogen-bond donors (Lipinski definition) is 2. The van der Waals surface area contributed by atoms with E-state index in [4.69, 9.17) is 0 Å². The van der Waals surface area contributed by atoms with Gasteiger partial charge in [-0.3, -0.25) is 9.89 Å². The van der Waals surface area contributed by atoms with E-state index >= 15 is 0 Å². The van der Waals surface area contributed by atoms with Crippen molar-refractivity contribution in [1.82, 2.24) is 15.5 Å². The van der Waals surface area contributed by atoms with E-state index in [0.717, 1.165) is 42.4 Å². The third kappa shape index (κ3) is 3.56. The fourth-order valence-corrected chi connectivity index (χ4v) is 8.66. The molecule has 0 aromatic carbocycles. The van der Waals surface area contributed by atoms with Crippen molar-refractivity contribution in [2.24, 2.45) is 11.8 Å². The summed E-state index contributed by atoms with van der Waals surface area (Å²) in [6, 6.07) is 2.04. The zero-order chi connectivity index (χ0) is 20.0. The lowest BCUT2D eigenvalue weighted by Crippen LogP contribution is -2.57. The first-order chi connectivity index (χ1) is 14.1. The van der Waals surface area contributed by atoms with E-state index in [0.29, 0.717) is 5.25 Å². The standard InChI is InChI=1S/C23H31N3OS2/c1-3-5-14(2)15-6-7-16(12-15)28-22-19-17(20(29-22)18-8-11-24-26-18)13-23(9-4-10-23)25-21(19)27/h8,11,14-16H,3-7,9-10,12-13H2,1-2H3,(H,24,26)(H,25,27). The number of fused-ring (bicyclic) bond motifs is 1. The number of carbonyl (C=O) groups excluding carboxylic acids is 1. The molecule has 1 spiro atoms. The van der Waals surface area contributed by atoms with Gasteiger partial charge in [-0.15, -0.1) is 23.1 Å². The smallest absolute Gasteiger partial charge is 0.254 e. The van der Waals surface area contributed by atoms with Crippen LogP contribution < -0.4 is 5.32 Å². The van der Waals surface area contributed by atoms with Crippen LogP contribution in [0.1, 0.15) is 81.1 Å². The topological polar surface area (TPSA) is 57.8 Å². The molecule has 6 heteroatoms. The van der Waals surface area contributed by atoms with Gasteiger partial charge >= 0.3 is 0 Å². The van der Waals surface area contributed by atoms with Crippen molar-refractivity contribution < 1.29 is 4.79 Å². The van der Waals surface area contributed by atoms with Crippen LogP contribution in [0.15, 0.2) is 16.5 Å². The Balaban J connectivity index is 1.43. The molecule has 29 heavy (non-hydrogen) atoms. The number of H-pyrrole nitrogens is 1. The molecule has 156 valence electrons. The number of aromatic nitrogens is 2. The predicted molar refractivity (Wildman–Crippen MR) is 121 cm³/mol. The molecule has 4 nitrogen and oxygen atoms in total. The van der Waals surface area contributed by atoms with Gasteiger partial charge in [-0.25, -0.2) is 0 Å². The number of carbonyl (C=O) groups is 1. The average molecular weight is 430 g/mol. The number of thiophene rings is 1. The van der Waals surface area contributed by atoms with Gasteiger partial charge in [-0.05, 0) is 68.4 Å². The molecule has 1 aliphatic heterocycles. The van der Waals surface area contributed by atoms with Crippen LogP contribution in [-0.2, 0) is 6.42 Å². The van der Waals surface area contributed by atoms with Crippen molar-refractivity contribution in [3.8, 4) is 10.6 Å². The maximum absolute atomic E-state index is 13.2. The van der Waals surface area contributed by atoms with Crippen molar-refractivity contribution in [3.63, 3.8) is 0 Å². The van der Waals surface area contributed by atoms with Crippen molar-refractivity contribution in [2.75, 3.05) is 0 Å². The summed E-state index contributed by atoms with van der Waals surface area (Å²) in [5.74, 6) is 1.83. The van der Waals surface area contributed by atoms with Crippen LogP contribution in [0.5, 0.6) is 0 Å². The van der Waals surface area contributed by atoms with Crippen molar-refractivity contribution in [3.05, 3.63) is 23.4 Å². The van der Waals surface area contributed by atoms with Crippen LogP contribution in [-0.4, -0.2) is 26.9 Å². The van der Waals surface area contributed by atoms with E-state index in [9.17, 15) is 4.79 Å². The van der Waals surface area contributed by atoms with Crippen LogP contribution in [0.25, 0.3) is 10.6 Å². The summed E-state index contributed by atoms with van der Waals surface area (Å²) in [6.07, 6.45) is 12.8. The molecular weight excluding hydrogens is 398 g/mol. The highest BCUT2D eigenvalue weighted by atomic mass is 32.2. The summed E-state index contributed by atoms with van der Waals surface area (Å²) in [7, 11) is 0. The van der Waals surface area contributed by atoms with Crippen LogP contribution in [0.4, 0.5) is 0 Å². The van der Waals surface area contributed by atoms with Crippen molar-refractivity contribution >= 4 is 29.0 Å². The lowest BCUT2D eigenvalue weighted by atomic mass is 9.70. The van der Waals surface area contributed by atoms with E-state index in [1.807, 2.05) is 35.4 Å². The van der Waals surface area contributed by atoms with Crippen LogP contribution >= 0.6 is 23.1 Å². The Morgan fingerprint density at radius 1 is 1.38 bits per heavy atom. The molecule has 2 saturated carbocycles. The monoisotopic (exact) mass is 429 g/mol. The van der Waals surface area contributed by atoms with Crippen molar-refractivity contribution in [1.29, 1.82) is 0 Å². The minimum Gasteiger partial charge on any atom is -0.346 e. The van der Waals surface area contributed by atoms with Gasteiger partial charge < -0.3 is 5.32 Å². The first-order valence-corrected chi connectivity index (χ1v) is 12.9. The highest BCUT2D eigenvalue weighted by molar-refractivity contribution is 8.01.